The molecular weight excluding hydrogens is 276 g/mol. The summed E-state index contributed by atoms with van der Waals surface area (Å²) in [6.07, 6.45) is 0.898. The van der Waals surface area contributed by atoms with Crippen molar-refractivity contribution in [2.24, 2.45) is 5.41 Å². The summed E-state index contributed by atoms with van der Waals surface area (Å²) in [5.41, 5.74) is 1.21. The molecule has 0 N–H and O–H groups in total. The molecular formula is C18H26N2O2. The van der Waals surface area contributed by atoms with E-state index in [2.05, 4.69) is 20.8 Å². The molecule has 1 aromatic rings. The minimum atomic E-state index is -0.368. The third-order valence-electron chi connectivity index (χ3n) is 4.10. The highest BCUT2D eigenvalue weighted by Crippen LogP contribution is 2.22. The number of carbonyl (C=O) groups excluding carboxylic acids is 2. The first kappa shape index (κ1) is 16.5. The van der Waals surface area contributed by atoms with Crippen LogP contribution in [0.15, 0.2) is 30.3 Å². The monoisotopic (exact) mass is 302 g/mol. The average molecular weight is 302 g/mol. The Labute approximate surface area is 133 Å². The Morgan fingerprint density at radius 2 is 1.77 bits per heavy atom. The maximum absolute atomic E-state index is 12.5. The predicted molar refractivity (Wildman–Crippen MR) is 87.1 cm³/mol. The molecule has 0 unspecified atom stereocenters. The summed E-state index contributed by atoms with van der Waals surface area (Å²) in [5.74, 6) is 0.0876. The molecule has 1 fully saturated rings. The SMILES string of the molecule is C[C@H]1C(=O)N(Cc2ccccc2)CC(=O)N1CCC(C)(C)C. The molecule has 0 spiro atoms. The molecule has 2 amide bonds. The number of benzene rings is 1. The largest absolute Gasteiger partial charge is 0.329 e. The van der Waals surface area contributed by atoms with E-state index in [0.717, 1.165) is 12.0 Å². The molecule has 1 aliphatic rings. The van der Waals surface area contributed by atoms with E-state index in [1.54, 1.807) is 9.80 Å². The lowest BCUT2D eigenvalue weighted by molar-refractivity contribution is -0.155. The first-order chi connectivity index (χ1) is 10.3. The van der Waals surface area contributed by atoms with Gasteiger partial charge in [-0.15, -0.1) is 0 Å². The smallest absolute Gasteiger partial charge is 0.245 e. The zero-order valence-electron chi connectivity index (χ0n) is 14.0. The Morgan fingerprint density at radius 3 is 2.36 bits per heavy atom. The molecule has 1 aromatic carbocycles. The van der Waals surface area contributed by atoms with E-state index in [4.69, 9.17) is 0 Å². The van der Waals surface area contributed by atoms with Gasteiger partial charge in [0.05, 0.1) is 0 Å². The summed E-state index contributed by atoms with van der Waals surface area (Å²) in [6.45, 7) is 9.61. The Morgan fingerprint density at radius 1 is 1.14 bits per heavy atom. The standard InChI is InChI=1S/C18H26N2O2/c1-14-17(22)19(12-15-8-6-5-7-9-15)13-16(21)20(14)11-10-18(2,3)4/h5-9,14H,10-13H2,1-4H3/t14-/m0/s1. The minimum Gasteiger partial charge on any atom is -0.329 e. The van der Waals surface area contributed by atoms with Crippen molar-refractivity contribution in [1.82, 2.24) is 9.80 Å². The second kappa shape index (κ2) is 6.51. The lowest BCUT2D eigenvalue weighted by Gasteiger charge is -2.39. The van der Waals surface area contributed by atoms with Crippen molar-refractivity contribution in [3.63, 3.8) is 0 Å². The summed E-state index contributed by atoms with van der Waals surface area (Å²) in [6, 6.07) is 9.44. The van der Waals surface area contributed by atoms with Crippen LogP contribution in [-0.2, 0) is 16.1 Å². The van der Waals surface area contributed by atoms with Crippen LogP contribution in [0.2, 0.25) is 0 Å². The number of nitrogens with zero attached hydrogens (tertiary/aromatic N) is 2. The maximum atomic E-state index is 12.5. The lowest BCUT2D eigenvalue weighted by Crippen LogP contribution is -2.58. The third kappa shape index (κ3) is 4.09. The summed E-state index contributed by atoms with van der Waals surface area (Å²) in [7, 11) is 0. The van der Waals surface area contributed by atoms with Gasteiger partial charge in [-0.2, -0.15) is 0 Å². The third-order valence-corrected chi connectivity index (χ3v) is 4.10. The van der Waals surface area contributed by atoms with Crippen LogP contribution in [0.3, 0.4) is 0 Å². The van der Waals surface area contributed by atoms with E-state index in [9.17, 15) is 9.59 Å². The van der Waals surface area contributed by atoms with Crippen molar-refractivity contribution >= 4 is 11.8 Å². The van der Waals surface area contributed by atoms with Crippen molar-refractivity contribution in [2.45, 2.75) is 46.7 Å². The van der Waals surface area contributed by atoms with Crippen LogP contribution in [0.5, 0.6) is 0 Å². The Balaban J connectivity index is 2.02. The van der Waals surface area contributed by atoms with Gasteiger partial charge in [0.25, 0.3) is 0 Å². The Kier molecular flexibility index (Phi) is 4.89. The minimum absolute atomic E-state index is 0.0392. The second-order valence-electron chi connectivity index (χ2n) is 7.25. The summed E-state index contributed by atoms with van der Waals surface area (Å²) >= 11 is 0. The van der Waals surface area contributed by atoms with Crippen LogP contribution >= 0.6 is 0 Å². The molecule has 0 bridgehead atoms. The Hall–Kier alpha value is -1.84. The van der Waals surface area contributed by atoms with Crippen LogP contribution in [-0.4, -0.2) is 40.7 Å². The topological polar surface area (TPSA) is 40.6 Å². The number of hydrogen-bond acceptors (Lipinski definition) is 2. The normalized spacial score (nSPS) is 19.7. The van der Waals surface area contributed by atoms with Gasteiger partial charge in [0.1, 0.15) is 12.6 Å². The molecule has 4 heteroatoms. The number of piperazine rings is 1. The number of hydrogen-bond donors (Lipinski definition) is 0. The Bertz CT molecular complexity index is 534. The second-order valence-corrected chi connectivity index (χ2v) is 7.25. The van der Waals surface area contributed by atoms with Gasteiger partial charge in [-0.3, -0.25) is 9.59 Å². The van der Waals surface area contributed by atoms with Crippen molar-refractivity contribution in [3.05, 3.63) is 35.9 Å². The van der Waals surface area contributed by atoms with Gasteiger partial charge in [0.2, 0.25) is 11.8 Å². The van der Waals surface area contributed by atoms with E-state index < -0.39 is 0 Å². The average Bonchev–Trinajstić information content (AvgIpc) is 2.44. The molecule has 1 aliphatic heterocycles. The maximum Gasteiger partial charge on any atom is 0.245 e. The molecule has 0 aromatic heterocycles. The van der Waals surface area contributed by atoms with Gasteiger partial charge >= 0.3 is 0 Å². The van der Waals surface area contributed by atoms with Crippen LogP contribution in [0.1, 0.15) is 39.7 Å². The van der Waals surface area contributed by atoms with Gasteiger partial charge in [-0.05, 0) is 24.3 Å². The number of amides is 2. The van der Waals surface area contributed by atoms with Gasteiger partial charge in [0, 0.05) is 13.1 Å². The molecule has 0 radical (unpaired) electrons. The molecule has 0 saturated carbocycles. The highest BCUT2D eigenvalue weighted by molar-refractivity contribution is 5.94. The van der Waals surface area contributed by atoms with Crippen LogP contribution in [0.25, 0.3) is 0 Å². The van der Waals surface area contributed by atoms with Gasteiger partial charge in [-0.1, -0.05) is 51.1 Å². The number of rotatable bonds is 4. The molecule has 1 atom stereocenters. The molecule has 120 valence electrons. The fraction of sp³-hybridized carbons (Fsp3) is 0.556. The van der Waals surface area contributed by atoms with Gasteiger partial charge in [0.15, 0.2) is 0 Å². The zero-order valence-corrected chi connectivity index (χ0v) is 14.0. The van der Waals surface area contributed by atoms with E-state index in [0.29, 0.717) is 13.1 Å². The van der Waals surface area contributed by atoms with Gasteiger partial charge in [-0.25, -0.2) is 0 Å². The van der Waals surface area contributed by atoms with Crippen molar-refractivity contribution in [2.75, 3.05) is 13.1 Å². The van der Waals surface area contributed by atoms with Crippen LogP contribution in [0.4, 0.5) is 0 Å². The van der Waals surface area contributed by atoms with E-state index in [1.807, 2.05) is 37.3 Å². The fourth-order valence-corrected chi connectivity index (χ4v) is 2.66. The highest BCUT2D eigenvalue weighted by atomic mass is 16.2. The first-order valence-corrected chi connectivity index (χ1v) is 7.90. The highest BCUT2D eigenvalue weighted by Gasteiger charge is 2.36. The summed E-state index contributed by atoms with van der Waals surface area (Å²) in [5, 5.41) is 0. The van der Waals surface area contributed by atoms with Crippen molar-refractivity contribution in [1.29, 1.82) is 0 Å². The van der Waals surface area contributed by atoms with E-state index >= 15 is 0 Å². The van der Waals surface area contributed by atoms with Crippen molar-refractivity contribution < 1.29 is 9.59 Å². The lowest BCUT2D eigenvalue weighted by atomic mass is 9.91. The molecule has 2 rings (SSSR count). The molecule has 1 heterocycles. The first-order valence-electron chi connectivity index (χ1n) is 7.90. The predicted octanol–water partition coefficient (Wildman–Crippen LogP) is 2.68. The van der Waals surface area contributed by atoms with E-state index in [-0.39, 0.29) is 29.8 Å². The van der Waals surface area contributed by atoms with Crippen LogP contribution < -0.4 is 0 Å². The summed E-state index contributed by atoms with van der Waals surface area (Å²) < 4.78 is 0. The fourth-order valence-electron chi connectivity index (χ4n) is 2.66. The van der Waals surface area contributed by atoms with Crippen LogP contribution in [0, 0.1) is 5.41 Å². The quantitative estimate of drug-likeness (QED) is 0.858. The zero-order chi connectivity index (χ0) is 16.3. The number of carbonyl (C=O) groups is 2. The van der Waals surface area contributed by atoms with E-state index in [1.165, 1.54) is 0 Å². The molecule has 0 aliphatic carbocycles. The van der Waals surface area contributed by atoms with Gasteiger partial charge < -0.3 is 9.80 Å². The van der Waals surface area contributed by atoms with Crippen molar-refractivity contribution in [3.8, 4) is 0 Å². The molecule has 1 saturated heterocycles. The molecule has 4 nitrogen and oxygen atoms in total. The molecule has 22 heavy (non-hydrogen) atoms. The summed E-state index contributed by atoms with van der Waals surface area (Å²) in [4.78, 5) is 28.3.